The lowest BCUT2D eigenvalue weighted by molar-refractivity contribution is -0.167. The zero-order valence-electron chi connectivity index (χ0n) is 27.7. The number of rotatable bonds is 12. The zero-order valence-corrected chi connectivity index (χ0v) is 27.7. The van der Waals surface area contributed by atoms with Gasteiger partial charge in [0.1, 0.15) is 0 Å². The minimum atomic E-state index is -2.54. The van der Waals surface area contributed by atoms with Crippen molar-refractivity contribution in [2.75, 3.05) is 0 Å². The fraction of sp³-hybridized carbons (Fsp3) is 0.0714. The van der Waals surface area contributed by atoms with Crippen LogP contribution in [0.1, 0.15) is 33.4 Å². The molecule has 0 aromatic heterocycles. The van der Waals surface area contributed by atoms with Crippen molar-refractivity contribution in [2.24, 2.45) is 0 Å². The van der Waals surface area contributed by atoms with Gasteiger partial charge in [0.05, 0.1) is 0 Å². The second-order valence-electron chi connectivity index (χ2n) is 11.8. The van der Waals surface area contributed by atoms with E-state index in [1.165, 1.54) is 72.8 Å². The fourth-order valence-electron chi connectivity index (χ4n) is 5.87. The van der Waals surface area contributed by atoms with E-state index in [4.69, 9.17) is 14.0 Å². The summed E-state index contributed by atoms with van der Waals surface area (Å²) in [5, 5.41) is 36.4. The first-order valence-electron chi connectivity index (χ1n) is 16.3. The highest BCUT2D eigenvalue weighted by atomic mass is 16.8. The van der Waals surface area contributed by atoms with Gasteiger partial charge in [0.15, 0.2) is 0 Å². The van der Waals surface area contributed by atoms with E-state index in [2.05, 4.69) is 0 Å². The summed E-state index contributed by atoms with van der Waals surface area (Å²) in [4.78, 5) is 42.7. The Bertz CT molecular complexity index is 1740. The standard InChI is InChI=1S/C42H33BO9/c44-37(40(47,31-19-7-1-8-20-31)32-21-9-2-10-22-32)50-43(51-38(45)41(48,33-23-11-3-12-24-33)34-25-13-4-14-26-34)52-39(46)42(49,35-27-15-5-16-28-35)36-29-17-6-18-30-36/h1-30,47-49H. The third-order valence-electron chi connectivity index (χ3n) is 8.65. The Hall–Kier alpha value is -6.33. The van der Waals surface area contributed by atoms with Gasteiger partial charge in [-0.25, -0.2) is 14.4 Å². The van der Waals surface area contributed by atoms with Crippen LogP contribution in [-0.2, 0) is 45.1 Å². The molecule has 0 aliphatic rings. The number of hydrogen-bond acceptors (Lipinski definition) is 9. The quantitative estimate of drug-likeness (QED) is 0.144. The highest BCUT2D eigenvalue weighted by Crippen LogP contribution is 2.35. The monoisotopic (exact) mass is 692 g/mol. The summed E-state index contributed by atoms with van der Waals surface area (Å²) in [6.45, 7) is 0. The van der Waals surface area contributed by atoms with Gasteiger partial charge in [0.25, 0.3) is 0 Å². The molecule has 3 N–H and O–H groups in total. The Kier molecular flexibility index (Phi) is 10.4. The van der Waals surface area contributed by atoms with Gasteiger partial charge in [-0.15, -0.1) is 0 Å². The number of carbonyl (C=O) groups excluding carboxylic acids is 3. The average Bonchev–Trinajstić information content (AvgIpc) is 3.21. The largest absolute Gasteiger partial charge is 0.870 e. The van der Waals surface area contributed by atoms with Crippen LogP contribution in [0.2, 0.25) is 0 Å². The molecule has 0 saturated carbocycles. The Labute approximate surface area is 300 Å². The molecule has 0 aliphatic heterocycles. The lowest BCUT2D eigenvalue weighted by atomic mass is 9.85. The van der Waals surface area contributed by atoms with Crippen molar-refractivity contribution in [3.63, 3.8) is 0 Å². The number of hydrogen-bond donors (Lipinski definition) is 3. The van der Waals surface area contributed by atoms with Crippen LogP contribution in [0.4, 0.5) is 0 Å². The normalized spacial score (nSPS) is 11.6. The molecule has 9 nitrogen and oxygen atoms in total. The summed E-state index contributed by atoms with van der Waals surface area (Å²) in [6.07, 6.45) is 0. The number of aliphatic hydroxyl groups is 3. The second-order valence-corrected chi connectivity index (χ2v) is 11.8. The van der Waals surface area contributed by atoms with Crippen LogP contribution in [0.15, 0.2) is 182 Å². The first-order valence-corrected chi connectivity index (χ1v) is 16.3. The maximum Gasteiger partial charge on any atom is 0.870 e. The molecule has 0 aliphatic carbocycles. The molecule has 0 spiro atoms. The molecule has 0 heterocycles. The third-order valence-corrected chi connectivity index (χ3v) is 8.65. The van der Waals surface area contributed by atoms with E-state index < -0.39 is 42.0 Å². The molecular weight excluding hydrogens is 659 g/mol. The molecule has 0 fully saturated rings. The van der Waals surface area contributed by atoms with Gasteiger partial charge >= 0.3 is 25.2 Å². The minimum absolute atomic E-state index is 0.0951. The van der Waals surface area contributed by atoms with Gasteiger partial charge in [-0.3, -0.25) is 0 Å². The Morgan fingerprint density at radius 1 is 0.327 bits per heavy atom. The van der Waals surface area contributed by atoms with E-state index >= 15 is 0 Å². The summed E-state index contributed by atoms with van der Waals surface area (Å²) in [7, 11) is -2.54. The van der Waals surface area contributed by atoms with Crippen LogP contribution < -0.4 is 0 Å². The van der Waals surface area contributed by atoms with E-state index in [1.54, 1.807) is 109 Å². The lowest BCUT2D eigenvalue weighted by Gasteiger charge is -2.31. The van der Waals surface area contributed by atoms with E-state index in [9.17, 15) is 29.7 Å². The van der Waals surface area contributed by atoms with Crippen molar-refractivity contribution in [3.05, 3.63) is 215 Å². The van der Waals surface area contributed by atoms with Crippen molar-refractivity contribution in [3.8, 4) is 0 Å². The maximum absolute atomic E-state index is 14.2. The van der Waals surface area contributed by atoms with Crippen LogP contribution in [0, 0.1) is 0 Å². The van der Waals surface area contributed by atoms with Gasteiger partial charge in [-0.2, -0.15) is 0 Å². The zero-order chi connectivity index (χ0) is 36.6. The van der Waals surface area contributed by atoms with Crippen LogP contribution in [0.25, 0.3) is 0 Å². The summed E-state index contributed by atoms with van der Waals surface area (Å²) >= 11 is 0. The lowest BCUT2D eigenvalue weighted by Crippen LogP contribution is -2.50. The number of carbonyl (C=O) groups is 3. The molecule has 0 atom stereocenters. The molecule has 6 aromatic carbocycles. The van der Waals surface area contributed by atoms with Crippen molar-refractivity contribution in [2.45, 2.75) is 16.8 Å². The van der Waals surface area contributed by atoms with Crippen molar-refractivity contribution >= 4 is 25.2 Å². The second kappa shape index (κ2) is 15.3. The SMILES string of the molecule is O=C(OB(OC(=O)C(O)(c1ccccc1)c1ccccc1)OC(=O)C(O)(c1ccccc1)c1ccccc1)C(O)(c1ccccc1)c1ccccc1. The van der Waals surface area contributed by atoms with Crippen molar-refractivity contribution in [1.82, 2.24) is 0 Å². The highest BCUT2D eigenvalue weighted by molar-refractivity contribution is 6.45. The number of benzene rings is 6. The van der Waals surface area contributed by atoms with Crippen molar-refractivity contribution in [1.29, 1.82) is 0 Å². The van der Waals surface area contributed by atoms with E-state index in [0.29, 0.717) is 0 Å². The van der Waals surface area contributed by atoms with Gasteiger partial charge in [0, 0.05) is 0 Å². The fourth-order valence-corrected chi connectivity index (χ4v) is 5.87. The molecule has 10 heteroatoms. The van der Waals surface area contributed by atoms with Gasteiger partial charge in [0.2, 0.25) is 16.8 Å². The maximum atomic E-state index is 14.2. The molecule has 258 valence electrons. The molecule has 0 saturated heterocycles. The molecule has 6 aromatic rings. The van der Waals surface area contributed by atoms with E-state index in [0.717, 1.165) is 0 Å². The van der Waals surface area contributed by atoms with Gasteiger partial charge in [-0.1, -0.05) is 182 Å². The Morgan fingerprint density at radius 2 is 0.481 bits per heavy atom. The molecule has 0 radical (unpaired) electrons. The van der Waals surface area contributed by atoms with E-state index in [-0.39, 0.29) is 33.4 Å². The Balaban J connectivity index is 1.44. The first kappa shape index (κ1) is 35.5. The van der Waals surface area contributed by atoms with Crippen LogP contribution >= 0.6 is 0 Å². The minimum Gasteiger partial charge on any atom is -0.459 e. The Morgan fingerprint density at radius 3 is 0.635 bits per heavy atom. The molecule has 0 unspecified atom stereocenters. The predicted octanol–water partition coefficient (Wildman–Crippen LogP) is 5.41. The highest BCUT2D eigenvalue weighted by Gasteiger charge is 2.53. The van der Waals surface area contributed by atoms with E-state index in [1.807, 2.05) is 0 Å². The summed E-state index contributed by atoms with van der Waals surface area (Å²) in [6, 6.07) is 47.3. The van der Waals surface area contributed by atoms with Crippen LogP contribution in [-0.4, -0.2) is 40.5 Å². The molecule has 6 rings (SSSR count). The summed E-state index contributed by atoms with van der Waals surface area (Å²) in [5.74, 6) is -4.16. The molecule has 0 amide bonds. The molecule has 0 bridgehead atoms. The smallest absolute Gasteiger partial charge is 0.459 e. The topological polar surface area (TPSA) is 140 Å². The van der Waals surface area contributed by atoms with Crippen molar-refractivity contribution < 1.29 is 43.7 Å². The molecular formula is C42H33BO9. The summed E-state index contributed by atoms with van der Waals surface area (Å²) < 4.78 is 16.8. The molecule has 52 heavy (non-hydrogen) atoms. The van der Waals surface area contributed by atoms with Crippen LogP contribution in [0.3, 0.4) is 0 Å². The third kappa shape index (κ3) is 6.86. The predicted molar refractivity (Wildman–Crippen MR) is 192 cm³/mol. The average molecular weight is 693 g/mol. The first-order chi connectivity index (χ1) is 25.2. The van der Waals surface area contributed by atoms with Gasteiger partial charge in [-0.05, 0) is 33.4 Å². The summed E-state index contributed by atoms with van der Waals surface area (Å²) in [5.41, 5.74) is -6.92. The van der Waals surface area contributed by atoms with Crippen LogP contribution in [0.5, 0.6) is 0 Å². The van der Waals surface area contributed by atoms with Gasteiger partial charge < -0.3 is 29.3 Å².